The van der Waals surface area contributed by atoms with E-state index >= 15 is 0 Å². The first-order valence-corrected chi connectivity index (χ1v) is 5.69. The number of hydrogen-bond acceptors (Lipinski definition) is 2. The van der Waals surface area contributed by atoms with Crippen LogP contribution in [0.2, 0.25) is 0 Å². The van der Waals surface area contributed by atoms with Gasteiger partial charge in [-0.15, -0.1) is 0 Å². The minimum Gasteiger partial charge on any atom is -0.298 e. The number of rotatable bonds is 2. The average Bonchev–Trinajstić information content (AvgIpc) is 2.63. The molecule has 2 rings (SSSR count). The molecule has 0 saturated heterocycles. The number of aromatic amines is 1. The van der Waals surface area contributed by atoms with Crippen LogP contribution in [0.4, 0.5) is 0 Å². The molecule has 0 fully saturated rings. The molecule has 1 aromatic heterocycles. The standard InChI is InChI=1S/C12H11BrN2O/c1-7-3-4-9(5-8(7)2)11-10(6-16)12(13)15-14-11/h3-6H,1-2H3,(H,14,15). The van der Waals surface area contributed by atoms with E-state index in [0.29, 0.717) is 15.9 Å². The first kappa shape index (κ1) is 11.1. The van der Waals surface area contributed by atoms with Crippen LogP contribution in [0.1, 0.15) is 21.5 Å². The lowest BCUT2D eigenvalue weighted by molar-refractivity contribution is 0.112. The fraction of sp³-hybridized carbons (Fsp3) is 0.167. The summed E-state index contributed by atoms with van der Waals surface area (Å²) in [5.74, 6) is 0. The van der Waals surface area contributed by atoms with Gasteiger partial charge in [0.1, 0.15) is 10.3 Å². The predicted octanol–water partition coefficient (Wildman–Crippen LogP) is 3.27. The van der Waals surface area contributed by atoms with Gasteiger partial charge in [-0.3, -0.25) is 9.89 Å². The molecule has 0 atom stereocenters. The molecule has 0 amide bonds. The Labute approximate surface area is 102 Å². The van der Waals surface area contributed by atoms with E-state index in [1.54, 1.807) is 0 Å². The second-order valence-electron chi connectivity index (χ2n) is 3.72. The van der Waals surface area contributed by atoms with E-state index in [9.17, 15) is 4.79 Å². The SMILES string of the molecule is Cc1ccc(-c2n[nH]c(Br)c2C=O)cc1C. The molecule has 1 aromatic carbocycles. The highest BCUT2D eigenvalue weighted by Gasteiger charge is 2.12. The zero-order valence-electron chi connectivity index (χ0n) is 9.04. The van der Waals surface area contributed by atoms with E-state index in [0.717, 1.165) is 11.8 Å². The molecule has 0 aliphatic heterocycles. The molecule has 4 heteroatoms. The first-order valence-electron chi connectivity index (χ1n) is 4.90. The van der Waals surface area contributed by atoms with Crippen molar-refractivity contribution in [3.05, 3.63) is 39.5 Å². The van der Waals surface area contributed by atoms with Crippen LogP contribution in [0.15, 0.2) is 22.8 Å². The maximum absolute atomic E-state index is 10.9. The van der Waals surface area contributed by atoms with Crippen molar-refractivity contribution < 1.29 is 4.79 Å². The maximum atomic E-state index is 10.9. The van der Waals surface area contributed by atoms with Gasteiger partial charge in [0, 0.05) is 5.56 Å². The van der Waals surface area contributed by atoms with Gasteiger partial charge in [-0.1, -0.05) is 12.1 Å². The number of halogens is 1. The van der Waals surface area contributed by atoms with Gasteiger partial charge in [0.15, 0.2) is 6.29 Å². The molecule has 0 spiro atoms. The van der Waals surface area contributed by atoms with Crippen LogP contribution in [0.5, 0.6) is 0 Å². The number of carbonyl (C=O) groups excluding carboxylic acids is 1. The monoisotopic (exact) mass is 278 g/mol. The molecule has 1 N–H and O–H groups in total. The Morgan fingerprint density at radius 1 is 1.31 bits per heavy atom. The van der Waals surface area contributed by atoms with Gasteiger partial charge < -0.3 is 0 Å². The van der Waals surface area contributed by atoms with Crippen molar-refractivity contribution in [1.29, 1.82) is 0 Å². The van der Waals surface area contributed by atoms with Gasteiger partial charge in [0.25, 0.3) is 0 Å². The van der Waals surface area contributed by atoms with Crippen LogP contribution in [0.25, 0.3) is 11.3 Å². The summed E-state index contributed by atoms with van der Waals surface area (Å²) in [5.41, 5.74) is 4.61. The number of nitrogens with one attached hydrogen (secondary N) is 1. The van der Waals surface area contributed by atoms with Gasteiger partial charge in [-0.25, -0.2) is 0 Å². The summed E-state index contributed by atoms with van der Waals surface area (Å²) in [4.78, 5) is 10.9. The molecule has 0 unspecified atom stereocenters. The number of aromatic nitrogens is 2. The van der Waals surface area contributed by atoms with Crippen molar-refractivity contribution in [2.45, 2.75) is 13.8 Å². The zero-order valence-corrected chi connectivity index (χ0v) is 10.6. The highest BCUT2D eigenvalue weighted by Crippen LogP contribution is 2.26. The number of aryl methyl sites for hydroxylation is 2. The number of nitrogens with zero attached hydrogens (tertiary/aromatic N) is 1. The molecule has 0 aliphatic rings. The van der Waals surface area contributed by atoms with Gasteiger partial charge in [0.05, 0.1) is 5.56 Å². The zero-order chi connectivity index (χ0) is 11.7. The van der Waals surface area contributed by atoms with E-state index in [1.807, 2.05) is 25.1 Å². The van der Waals surface area contributed by atoms with E-state index in [1.165, 1.54) is 11.1 Å². The molecule has 0 aliphatic carbocycles. The molecular weight excluding hydrogens is 268 g/mol. The van der Waals surface area contributed by atoms with Crippen LogP contribution >= 0.6 is 15.9 Å². The Hall–Kier alpha value is -1.42. The quantitative estimate of drug-likeness (QED) is 0.857. The van der Waals surface area contributed by atoms with Crippen molar-refractivity contribution in [1.82, 2.24) is 10.2 Å². The molecule has 2 aromatic rings. The van der Waals surface area contributed by atoms with Crippen molar-refractivity contribution >= 4 is 22.2 Å². The molecule has 16 heavy (non-hydrogen) atoms. The summed E-state index contributed by atoms with van der Waals surface area (Å²) in [5, 5.41) is 6.88. The fourth-order valence-corrected chi connectivity index (χ4v) is 1.92. The van der Waals surface area contributed by atoms with Crippen molar-refractivity contribution in [3.8, 4) is 11.3 Å². The lowest BCUT2D eigenvalue weighted by Crippen LogP contribution is -1.87. The molecule has 1 heterocycles. The Balaban J connectivity index is 2.58. The topological polar surface area (TPSA) is 45.8 Å². The number of H-pyrrole nitrogens is 1. The number of hydrogen-bond donors (Lipinski definition) is 1. The minimum atomic E-state index is 0.559. The van der Waals surface area contributed by atoms with E-state index in [4.69, 9.17) is 0 Å². The number of carbonyl (C=O) groups is 1. The van der Waals surface area contributed by atoms with E-state index in [-0.39, 0.29) is 0 Å². The number of benzene rings is 1. The van der Waals surface area contributed by atoms with Gasteiger partial charge in [-0.05, 0) is 47.0 Å². The summed E-state index contributed by atoms with van der Waals surface area (Å²) in [6, 6.07) is 6.03. The van der Waals surface area contributed by atoms with Gasteiger partial charge >= 0.3 is 0 Å². The normalized spacial score (nSPS) is 10.4. The Morgan fingerprint density at radius 3 is 2.69 bits per heavy atom. The van der Waals surface area contributed by atoms with Gasteiger partial charge in [-0.2, -0.15) is 5.10 Å². The first-order chi connectivity index (χ1) is 7.63. The van der Waals surface area contributed by atoms with E-state index in [2.05, 4.69) is 33.1 Å². The lowest BCUT2D eigenvalue weighted by Gasteiger charge is -2.03. The molecule has 82 valence electrons. The van der Waals surface area contributed by atoms with Crippen LogP contribution in [0, 0.1) is 13.8 Å². The smallest absolute Gasteiger partial charge is 0.155 e. The maximum Gasteiger partial charge on any atom is 0.155 e. The Kier molecular flexibility index (Phi) is 2.92. The molecule has 0 radical (unpaired) electrons. The average molecular weight is 279 g/mol. The molecule has 0 saturated carbocycles. The van der Waals surface area contributed by atoms with Crippen molar-refractivity contribution in [2.75, 3.05) is 0 Å². The number of aldehydes is 1. The third-order valence-corrected chi connectivity index (χ3v) is 3.26. The minimum absolute atomic E-state index is 0.559. The summed E-state index contributed by atoms with van der Waals surface area (Å²) >= 11 is 3.26. The van der Waals surface area contributed by atoms with Gasteiger partial charge in [0.2, 0.25) is 0 Å². The molecule has 3 nitrogen and oxygen atoms in total. The summed E-state index contributed by atoms with van der Waals surface area (Å²) < 4.78 is 0.621. The largest absolute Gasteiger partial charge is 0.298 e. The van der Waals surface area contributed by atoms with Crippen LogP contribution in [-0.4, -0.2) is 16.5 Å². The van der Waals surface area contributed by atoms with Crippen molar-refractivity contribution in [2.24, 2.45) is 0 Å². The summed E-state index contributed by atoms with van der Waals surface area (Å²) in [7, 11) is 0. The highest BCUT2D eigenvalue weighted by molar-refractivity contribution is 9.10. The second kappa shape index (κ2) is 4.22. The summed E-state index contributed by atoms with van der Waals surface area (Å²) in [6.07, 6.45) is 0.804. The van der Waals surface area contributed by atoms with E-state index < -0.39 is 0 Å². The Morgan fingerprint density at radius 2 is 2.06 bits per heavy atom. The third kappa shape index (κ3) is 1.80. The highest BCUT2D eigenvalue weighted by atomic mass is 79.9. The predicted molar refractivity (Wildman–Crippen MR) is 66.6 cm³/mol. The summed E-state index contributed by atoms with van der Waals surface area (Å²) in [6.45, 7) is 4.10. The molecular formula is C12H11BrN2O. The lowest BCUT2D eigenvalue weighted by atomic mass is 10.0. The molecule has 0 bridgehead atoms. The van der Waals surface area contributed by atoms with Crippen LogP contribution in [0.3, 0.4) is 0 Å². The van der Waals surface area contributed by atoms with Crippen LogP contribution < -0.4 is 0 Å². The second-order valence-corrected chi connectivity index (χ2v) is 4.51. The van der Waals surface area contributed by atoms with Crippen molar-refractivity contribution in [3.63, 3.8) is 0 Å². The van der Waals surface area contributed by atoms with Crippen LogP contribution in [-0.2, 0) is 0 Å². The Bertz CT molecular complexity index is 546. The third-order valence-electron chi connectivity index (χ3n) is 2.66. The fourth-order valence-electron chi connectivity index (χ4n) is 1.55.